The van der Waals surface area contributed by atoms with Crippen LogP contribution in [0.5, 0.6) is 0 Å². The van der Waals surface area contributed by atoms with E-state index < -0.39 is 0 Å². The maximum absolute atomic E-state index is 12.8. The highest BCUT2D eigenvalue weighted by atomic mass is 16.5. The summed E-state index contributed by atoms with van der Waals surface area (Å²) in [5.41, 5.74) is 3.31. The molecule has 7 heteroatoms. The zero-order valence-corrected chi connectivity index (χ0v) is 16.2. The van der Waals surface area contributed by atoms with Crippen molar-refractivity contribution in [3.8, 4) is 17.5 Å². The summed E-state index contributed by atoms with van der Waals surface area (Å²) in [5, 5.41) is 12.7. The molecule has 0 N–H and O–H groups in total. The van der Waals surface area contributed by atoms with E-state index in [1.54, 1.807) is 19.1 Å². The Hall–Kier alpha value is -3.50. The van der Waals surface area contributed by atoms with Gasteiger partial charge in [-0.1, -0.05) is 17.3 Å². The molecule has 2 aromatic carbocycles. The molecule has 1 amide bonds. The molecule has 3 aromatic rings. The summed E-state index contributed by atoms with van der Waals surface area (Å²) >= 11 is 0. The van der Waals surface area contributed by atoms with Gasteiger partial charge in [0.1, 0.15) is 0 Å². The number of carbonyl (C=O) groups excluding carboxylic acids is 1. The number of hydrogen-bond acceptors (Lipinski definition) is 6. The standard InChI is InChI=1S/C22H21N5O2/c1-16-24-21(29-25-16)19-6-8-20(9-7-19)22(28)27-12-10-26(11-13-27)15-18-4-2-17(14-23)3-5-18/h2-9H,10-13,15H2,1H3. The van der Waals surface area contributed by atoms with Gasteiger partial charge >= 0.3 is 0 Å². The molecule has 4 rings (SSSR count). The average Bonchev–Trinajstić information content (AvgIpc) is 3.21. The molecule has 0 spiro atoms. The summed E-state index contributed by atoms with van der Waals surface area (Å²) in [6.07, 6.45) is 0. The van der Waals surface area contributed by atoms with Gasteiger partial charge in [-0.25, -0.2) is 0 Å². The van der Waals surface area contributed by atoms with Gasteiger partial charge < -0.3 is 9.42 Å². The Morgan fingerprint density at radius 2 is 1.76 bits per heavy atom. The van der Waals surface area contributed by atoms with Crippen molar-refractivity contribution in [1.82, 2.24) is 19.9 Å². The Balaban J connectivity index is 1.33. The molecule has 0 atom stereocenters. The summed E-state index contributed by atoms with van der Waals surface area (Å²) < 4.78 is 5.16. The van der Waals surface area contributed by atoms with Crippen molar-refractivity contribution in [3.63, 3.8) is 0 Å². The zero-order chi connectivity index (χ0) is 20.2. The lowest BCUT2D eigenvalue weighted by Crippen LogP contribution is -2.48. The number of carbonyl (C=O) groups is 1. The van der Waals surface area contributed by atoms with Gasteiger partial charge in [-0.05, 0) is 48.9 Å². The Labute approximate surface area is 169 Å². The number of aryl methyl sites for hydroxylation is 1. The molecule has 0 radical (unpaired) electrons. The average molecular weight is 387 g/mol. The predicted molar refractivity (Wildman–Crippen MR) is 107 cm³/mol. The van der Waals surface area contributed by atoms with Gasteiger partial charge in [-0.3, -0.25) is 9.69 Å². The van der Waals surface area contributed by atoms with Crippen LogP contribution in [0, 0.1) is 18.3 Å². The van der Waals surface area contributed by atoms with Gasteiger partial charge in [0.05, 0.1) is 11.6 Å². The topological polar surface area (TPSA) is 86.3 Å². The third-order valence-corrected chi connectivity index (χ3v) is 5.06. The van der Waals surface area contributed by atoms with Gasteiger partial charge in [-0.15, -0.1) is 0 Å². The van der Waals surface area contributed by atoms with E-state index in [-0.39, 0.29) is 5.91 Å². The van der Waals surface area contributed by atoms with Crippen molar-refractivity contribution >= 4 is 5.91 Å². The maximum atomic E-state index is 12.8. The molecule has 146 valence electrons. The highest BCUT2D eigenvalue weighted by molar-refractivity contribution is 5.94. The fourth-order valence-corrected chi connectivity index (χ4v) is 3.40. The highest BCUT2D eigenvalue weighted by Gasteiger charge is 2.22. The molecule has 2 heterocycles. The first-order chi connectivity index (χ1) is 14.1. The lowest BCUT2D eigenvalue weighted by molar-refractivity contribution is 0.0628. The monoisotopic (exact) mass is 387 g/mol. The molecule has 1 saturated heterocycles. The first-order valence-electron chi connectivity index (χ1n) is 9.54. The number of hydrogen-bond donors (Lipinski definition) is 0. The number of rotatable bonds is 4. The molecular formula is C22H21N5O2. The third-order valence-electron chi connectivity index (χ3n) is 5.06. The van der Waals surface area contributed by atoms with Crippen LogP contribution in [-0.2, 0) is 6.54 Å². The van der Waals surface area contributed by atoms with Crippen LogP contribution in [0.4, 0.5) is 0 Å². The summed E-state index contributed by atoms with van der Waals surface area (Å²) in [5.74, 6) is 1.08. The van der Waals surface area contributed by atoms with E-state index in [0.29, 0.717) is 35.9 Å². The number of aromatic nitrogens is 2. The largest absolute Gasteiger partial charge is 0.336 e. The van der Waals surface area contributed by atoms with Crippen molar-refractivity contribution in [2.24, 2.45) is 0 Å². The van der Waals surface area contributed by atoms with Crippen LogP contribution < -0.4 is 0 Å². The van der Waals surface area contributed by atoms with Crippen LogP contribution >= 0.6 is 0 Å². The SMILES string of the molecule is Cc1noc(-c2ccc(C(=O)N3CCN(Cc4ccc(C#N)cc4)CC3)cc2)n1. The Kier molecular flexibility index (Phi) is 5.36. The van der Waals surface area contributed by atoms with Gasteiger partial charge in [0, 0.05) is 43.9 Å². The first kappa shape index (κ1) is 18.8. The normalized spacial score (nSPS) is 14.6. The summed E-state index contributed by atoms with van der Waals surface area (Å²) in [4.78, 5) is 21.2. The van der Waals surface area contributed by atoms with Crippen LogP contribution in [0.2, 0.25) is 0 Å². The third kappa shape index (κ3) is 4.33. The Morgan fingerprint density at radius 1 is 1.07 bits per heavy atom. The summed E-state index contributed by atoms with van der Waals surface area (Å²) in [6, 6.07) is 17.1. The number of benzene rings is 2. The molecule has 29 heavy (non-hydrogen) atoms. The molecule has 1 aliphatic heterocycles. The Morgan fingerprint density at radius 3 is 2.34 bits per heavy atom. The minimum Gasteiger partial charge on any atom is -0.336 e. The number of nitrogens with zero attached hydrogens (tertiary/aromatic N) is 5. The molecule has 1 fully saturated rings. The quantitative estimate of drug-likeness (QED) is 0.684. The zero-order valence-electron chi connectivity index (χ0n) is 16.2. The van der Waals surface area contributed by atoms with Crippen LogP contribution in [0.1, 0.15) is 27.3 Å². The number of nitriles is 1. The van der Waals surface area contributed by atoms with E-state index in [9.17, 15) is 4.79 Å². The van der Waals surface area contributed by atoms with E-state index in [2.05, 4.69) is 21.1 Å². The fraction of sp³-hybridized carbons (Fsp3) is 0.273. The van der Waals surface area contributed by atoms with Crippen LogP contribution in [-0.4, -0.2) is 52.0 Å². The summed E-state index contributed by atoms with van der Waals surface area (Å²) in [6.45, 7) is 5.63. The number of piperazine rings is 1. The predicted octanol–water partition coefficient (Wildman–Crippen LogP) is 2.87. The smallest absolute Gasteiger partial charge is 0.257 e. The van der Waals surface area contributed by atoms with Crippen molar-refractivity contribution in [1.29, 1.82) is 5.26 Å². The molecular weight excluding hydrogens is 366 g/mol. The van der Waals surface area contributed by atoms with E-state index in [1.807, 2.05) is 41.3 Å². The second-order valence-electron chi connectivity index (χ2n) is 7.10. The van der Waals surface area contributed by atoms with E-state index in [4.69, 9.17) is 9.78 Å². The second kappa shape index (κ2) is 8.25. The Bertz CT molecular complexity index is 1030. The highest BCUT2D eigenvalue weighted by Crippen LogP contribution is 2.19. The lowest BCUT2D eigenvalue weighted by atomic mass is 10.1. The lowest BCUT2D eigenvalue weighted by Gasteiger charge is -2.34. The van der Waals surface area contributed by atoms with Crippen LogP contribution in [0.15, 0.2) is 53.1 Å². The maximum Gasteiger partial charge on any atom is 0.257 e. The second-order valence-corrected chi connectivity index (χ2v) is 7.10. The van der Waals surface area contributed by atoms with Crippen molar-refractivity contribution in [3.05, 3.63) is 71.0 Å². The van der Waals surface area contributed by atoms with Crippen molar-refractivity contribution < 1.29 is 9.32 Å². The van der Waals surface area contributed by atoms with Crippen molar-refractivity contribution in [2.75, 3.05) is 26.2 Å². The molecule has 0 saturated carbocycles. The molecule has 1 aliphatic rings. The van der Waals surface area contributed by atoms with Crippen LogP contribution in [0.25, 0.3) is 11.5 Å². The van der Waals surface area contributed by atoms with Gasteiger partial charge in [0.2, 0.25) is 0 Å². The molecule has 0 bridgehead atoms. The van der Waals surface area contributed by atoms with Crippen molar-refractivity contribution in [2.45, 2.75) is 13.5 Å². The molecule has 1 aromatic heterocycles. The minimum atomic E-state index is 0.0382. The first-order valence-corrected chi connectivity index (χ1v) is 9.54. The van der Waals surface area contributed by atoms with Gasteiger partial charge in [-0.2, -0.15) is 10.2 Å². The molecule has 0 unspecified atom stereocenters. The van der Waals surface area contributed by atoms with Gasteiger partial charge in [0.15, 0.2) is 5.82 Å². The molecule has 0 aliphatic carbocycles. The molecule has 7 nitrogen and oxygen atoms in total. The fourth-order valence-electron chi connectivity index (χ4n) is 3.40. The van der Waals surface area contributed by atoms with E-state index in [0.717, 1.165) is 25.2 Å². The van der Waals surface area contributed by atoms with E-state index in [1.165, 1.54) is 5.56 Å². The van der Waals surface area contributed by atoms with Crippen LogP contribution in [0.3, 0.4) is 0 Å². The number of amides is 1. The van der Waals surface area contributed by atoms with Gasteiger partial charge in [0.25, 0.3) is 11.8 Å². The van der Waals surface area contributed by atoms with E-state index >= 15 is 0 Å². The summed E-state index contributed by atoms with van der Waals surface area (Å²) in [7, 11) is 0. The minimum absolute atomic E-state index is 0.0382.